The SMILES string of the molecule is COc1ncc(Br)cc1NS(=O)(=O)c1ccccn1. The van der Waals surface area contributed by atoms with Crippen LogP contribution in [0.2, 0.25) is 0 Å². The number of anilines is 1. The Hall–Kier alpha value is -1.67. The van der Waals surface area contributed by atoms with Crippen molar-refractivity contribution in [2.75, 3.05) is 11.8 Å². The zero-order chi connectivity index (χ0) is 13.9. The molecule has 0 atom stereocenters. The van der Waals surface area contributed by atoms with Gasteiger partial charge >= 0.3 is 0 Å². The van der Waals surface area contributed by atoms with Crippen molar-refractivity contribution in [3.05, 3.63) is 41.1 Å². The van der Waals surface area contributed by atoms with Gasteiger partial charge in [0.2, 0.25) is 5.88 Å². The first-order chi connectivity index (χ1) is 9.03. The molecule has 2 rings (SSSR count). The smallest absolute Gasteiger partial charge is 0.279 e. The summed E-state index contributed by atoms with van der Waals surface area (Å²) < 4.78 is 32.2. The van der Waals surface area contributed by atoms with Gasteiger partial charge in [0.25, 0.3) is 10.0 Å². The molecule has 0 bridgehead atoms. The van der Waals surface area contributed by atoms with E-state index in [2.05, 4.69) is 30.6 Å². The molecule has 0 spiro atoms. The van der Waals surface area contributed by atoms with Crippen LogP contribution in [0.15, 0.2) is 46.2 Å². The number of rotatable bonds is 4. The Kier molecular flexibility index (Phi) is 4.01. The highest BCUT2D eigenvalue weighted by Crippen LogP contribution is 2.26. The van der Waals surface area contributed by atoms with Gasteiger partial charge < -0.3 is 4.74 Å². The summed E-state index contributed by atoms with van der Waals surface area (Å²) in [5.74, 6) is 0.183. The highest BCUT2D eigenvalue weighted by Gasteiger charge is 2.18. The summed E-state index contributed by atoms with van der Waals surface area (Å²) in [7, 11) is -2.35. The molecule has 0 saturated carbocycles. The van der Waals surface area contributed by atoms with E-state index >= 15 is 0 Å². The number of pyridine rings is 2. The zero-order valence-corrected chi connectivity index (χ0v) is 12.3. The summed E-state index contributed by atoms with van der Waals surface area (Å²) in [5.41, 5.74) is 0.238. The molecule has 0 radical (unpaired) electrons. The summed E-state index contributed by atoms with van der Waals surface area (Å²) in [6.45, 7) is 0. The molecule has 0 amide bonds. The third-order valence-corrected chi connectivity index (χ3v) is 3.88. The third-order valence-electron chi connectivity index (χ3n) is 2.17. The molecule has 6 nitrogen and oxygen atoms in total. The molecule has 0 aromatic carbocycles. The van der Waals surface area contributed by atoms with E-state index < -0.39 is 10.0 Å². The lowest BCUT2D eigenvalue weighted by Crippen LogP contribution is -2.15. The first kappa shape index (κ1) is 13.8. The van der Waals surface area contributed by atoms with Crippen LogP contribution in [0.1, 0.15) is 0 Å². The standard InChI is InChI=1S/C11H10BrN3O3S/c1-18-11-9(6-8(12)7-14-11)15-19(16,17)10-4-2-3-5-13-10/h2-7,15H,1H3. The summed E-state index contributed by atoms with van der Waals surface area (Å²) in [5, 5.41) is -0.0722. The molecule has 0 fully saturated rings. The highest BCUT2D eigenvalue weighted by molar-refractivity contribution is 9.10. The van der Waals surface area contributed by atoms with Crippen LogP contribution in [-0.2, 0) is 10.0 Å². The molecule has 8 heteroatoms. The fraction of sp³-hybridized carbons (Fsp3) is 0.0909. The molecular weight excluding hydrogens is 334 g/mol. The van der Waals surface area contributed by atoms with Crippen molar-refractivity contribution in [3.63, 3.8) is 0 Å². The maximum Gasteiger partial charge on any atom is 0.279 e. The quantitative estimate of drug-likeness (QED) is 0.918. The number of hydrogen-bond donors (Lipinski definition) is 1. The number of nitrogens with zero attached hydrogens (tertiary/aromatic N) is 2. The minimum Gasteiger partial charge on any atom is -0.479 e. The van der Waals surface area contributed by atoms with Crippen molar-refractivity contribution in [1.29, 1.82) is 0 Å². The lowest BCUT2D eigenvalue weighted by Gasteiger charge is -2.10. The molecule has 1 N–H and O–H groups in total. The molecule has 2 aromatic heterocycles. The van der Waals surface area contributed by atoms with E-state index in [-0.39, 0.29) is 16.6 Å². The average Bonchev–Trinajstić information content (AvgIpc) is 2.39. The van der Waals surface area contributed by atoms with Gasteiger partial charge in [0.05, 0.1) is 7.11 Å². The number of hydrogen-bond acceptors (Lipinski definition) is 5. The van der Waals surface area contributed by atoms with E-state index in [0.717, 1.165) is 0 Å². The lowest BCUT2D eigenvalue weighted by atomic mass is 10.4. The van der Waals surface area contributed by atoms with Gasteiger partial charge in [0.15, 0.2) is 5.03 Å². The zero-order valence-electron chi connectivity index (χ0n) is 9.87. The van der Waals surface area contributed by atoms with Gasteiger partial charge in [-0.05, 0) is 34.1 Å². The molecular formula is C11H10BrN3O3S. The van der Waals surface area contributed by atoms with Crippen LogP contribution < -0.4 is 9.46 Å². The van der Waals surface area contributed by atoms with Crippen LogP contribution in [-0.4, -0.2) is 25.5 Å². The fourth-order valence-electron chi connectivity index (χ4n) is 1.37. The van der Waals surface area contributed by atoms with Crippen LogP contribution in [0.25, 0.3) is 0 Å². The van der Waals surface area contributed by atoms with Crippen LogP contribution in [0, 0.1) is 0 Å². The van der Waals surface area contributed by atoms with Gasteiger partial charge in [-0.1, -0.05) is 6.07 Å². The third kappa shape index (κ3) is 3.21. The van der Waals surface area contributed by atoms with Gasteiger partial charge in [-0.25, -0.2) is 9.97 Å². The number of methoxy groups -OCH3 is 1. The summed E-state index contributed by atoms with van der Waals surface area (Å²) in [6.07, 6.45) is 2.92. The normalized spacial score (nSPS) is 11.1. The monoisotopic (exact) mass is 343 g/mol. The van der Waals surface area contributed by atoms with Crippen molar-refractivity contribution < 1.29 is 13.2 Å². The second kappa shape index (κ2) is 5.54. The van der Waals surface area contributed by atoms with Crippen LogP contribution >= 0.6 is 15.9 Å². The molecule has 2 heterocycles. The maximum absolute atomic E-state index is 12.1. The Balaban J connectivity index is 2.38. The van der Waals surface area contributed by atoms with E-state index in [9.17, 15) is 8.42 Å². The number of ether oxygens (including phenoxy) is 1. The van der Waals surface area contributed by atoms with Crippen molar-refractivity contribution in [2.24, 2.45) is 0 Å². The van der Waals surface area contributed by atoms with Crippen molar-refractivity contribution >= 4 is 31.6 Å². The van der Waals surface area contributed by atoms with Gasteiger partial charge in [-0.2, -0.15) is 8.42 Å². The average molecular weight is 344 g/mol. The second-order valence-electron chi connectivity index (χ2n) is 3.48. The minimum absolute atomic E-state index is 0.0722. The fourth-order valence-corrected chi connectivity index (χ4v) is 2.69. The maximum atomic E-state index is 12.1. The molecule has 0 aliphatic rings. The Bertz CT molecular complexity index is 677. The van der Waals surface area contributed by atoms with Crippen molar-refractivity contribution in [1.82, 2.24) is 9.97 Å². The largest absolute Gasteiger partial charge is 0.479 e. The molecule has 0 unspecified atom stereocenters. The van der Waals surface area contributed by atoms with E-state index in [4.69, 9.17) is 4.74 Å². The van der Waals surface area contributed by atoms with Gasteiger partial charge in [0.1, 0.15) is 5.69 Å². The highest BCUT2D eigenvalue weighted by atomic mass is 79.9. The molecule has 100 valence electrons. The van der Waals surface area contributed by atoms with E-state index in [1.165, 1.54) is 25.6 Å². The summed E-state index contributed by atoms with van der Waals surface area (Å²) >= 11 is 3.22. The number of aromatic nitrogens is 2. The summed E-state index contributed by atoms with van der Waals surface area (Å²) in [4.78, 5) is 7.76. The van der Waals surface area contributed by atoms with E-state index in [1.54, 1.807) is 18.2 Å². The number of sulfonamides is 1. The minimum atomic E-state index is -3.76. The Labute approximate surface area is 119 Å². The molecule has 0 aliphatic heterocycles. The topological polar surface area (TPSA) is 81.2 Å². The Morgan fingerprint density at radius 1 is 1.32 bits per heavy atom. The number of nitrogens with one attached hydrogen (secondary N) is 1. The molecule has 2 aromatic rings. The van der Waals surface area contributed by atoms with Crippen molar-refractivity contribution in [2.45, 2.75) is 5.03 Å². The predicted octanol–water partition coefficient (Wildman–Crippen LogP) is 2.05. The second-order valence-corrected chi connectivity index (χ2v) is 6.03. The molecule has 0 aliphatic carbocycles. The van der Waals surface area contributed by atoms with Crippen LogP contribution in [0.4, 0.5) is 5.69 Å². The van der Waals surface area contributed by atoms with Gasteiger partial charge in [0, 0.05) is 16.9 Å². The number of halogens is 1. The predicted molar refractivity (Wildman–Crippen MR) is 73.5 cm³/mol. The lowest BCUT2D eigenvalue weighted by molar-refractivity contribution is 0.400. The first-order valence-corrected chi connectivity index (χ1v) is 7.44. The van der Waals surface area contributed by atoms with Gasteiger partial charge in [-0.15, -0.1) is 0 Å². The van der Waals surface area contributed by atoms with Crippen molar-refractivity contribution in [3.8, 4) is 5.88 Å². The van der Waals surface area contributed by atoms with E-state index in [0.29, 0.717) is 4.47 Å². The Morgan fingerprint density at radius 2 is 2.11 bits per heavy atom. The van der Waals surface area contributed by atoms with Crippen LogP contribution in [0.5, 0.6) is 5.88 Å². The Morgan fingerprint density at radius 3 is 2.74 bits per heavy atom. The first-order valence-electron chi connectivity index (χ1n) is 5.16. The summed E-state index contributed by atoms with van der Waals surface area (Å²) in [6, 6.07) is 6.20. The van der Waals surface area contributed by atoms with E-state index in [1.807, 2.05) is 0 Å². The molecule has 0 saturated heterocycles. The van der Waals surface area contributed by atoms with Crippen LogP contribution in [0.3, 0.4) is 0 Å². The van der Waals surface area contributed by atoms with Gasteiger partial charge in [-0.3, -0.25) is 4.72 Å². The molecule has 19 heavy (non-hydrogen) atoms.